The zero-order valence-corrected chi connectivity index (χ0v) is 12.0. The molecule has 20 heavy (non-hydrogen) atoms. The van der Waals surface area contributed by atoms with Crippen LogP contribution in [0.5, 0.6) is 5.75 Å². The first-order valence-electron chi connectivity index (χ1n) is 6.30. The number of ether oxygens (including phenoxy) is 1. The number of nitrogens with one attached hydrogen (secondary N) is 1. The average molecular weight is 274 g/mol. The Morgan fingerprint density at radius 2 is 2.00 bits per heavy atom. The van der Waals surface area contributed by atoms with Crippen LogP contribution in [0.2, 0.25) is 0 Å². The molecule has 0 spiro atoms. The summed E-state index contributed by atoms with van der Waals surface area (Å²) in [4.78, 5) is 10.9. The van der Waals surface area contributed by atoms with Crippen molar-refractivity contribution in [3.05, 3.63) is 35.5 Å². The van der Waals surface area contributed by atoms with Crippen LogP contribution in [0, 0.1) is 0 Å². The number of benzene rings is 1. The first-order valence-corrected chi connectivity index (χ1v) is 6.30. The lowest BCUT2D eigenvalue weighted by Crippen LogP contribution is -2.11. The molecule has 0 aliphatic heterocycles. The second-order valence-electron chi connectivity index (χ2n) is 5.64. The molecule has 0 radical (unpaired) electrons. The highest BCUT2D eigenvalue weighted by Crippen LogP contribution is 2.34. The molecular formula is C15H18N2O3. The third-order valence-electron chi connectivity index (χ3n) is 3.15. The zero-order chi connectivity index (χ0) is 14.9. The van der Waals surface area contributed by atoms with E-state index in [1.54, 1.807) is 7.11 Å². The lowest BCUT2D eigenvalue weighted by Gasteiger charge is -2.20. The van der Waals surface area contributed by atoms with Crippen molar-refractivity contribution in [1.82, 2.24) is 10.2 Å². The van der Waals surface area contributed by atoms with Gasteiger partial charge in [0.25, 0.3) is 0 Å². The molecule has 0 fully saturated rings. The van der Waals surface area contributed by atoms with Crippen LogP contribution >= 0.6 is 0 Å². The smallest absolute Gasteiger partial charge is 0.353 e. The molecule has 0 atom stereocenters. The first kappa shape index (κ1) is 14.1. The van der Waals surface area contributed by atoms with Gasteiger partial charge in [0.1, 0.15) is 11.4 Å². The van der Waals surface area contributed by atoms with E-state index in [4.69, 9.17) is 9.84 Å². The summed E-state index contributed by atoms with van der Waals surface area (Å²) >= 11 is 0. The fourth-order valence-electron chi connectivity index (χ4n) is 1.94. The van der Waals surface area contributed by atoms with E-state index >= 15 is 0 Å². The summed E-state index contributed by atoms with van der Waals surface area (Å²) in [5.74, 6) is -0.365. The third kappa shape index (κ3) is 2.66. The summed E-state index contributed by atoms with van der Waals surface area (Å²) in [6, 6.07) is 7.38. The Labute approximate surface area is 117 Å². The SMILES string of the molecule is COc1ccc(C(C)(C)C)cc1-c1cc(C(=O)O)[nH]n1. The molecule has 5 heteroatoms. The quantitative estimate of drug-likeness (QED) is 0.901. The van der Waals surface area contributed by atoms with Gasteiger partial charge in [-0.15, -0.1) is 0 Å². The number of aromatic carboxylic acids is 1. The highest BCUT2D eigenvalue weighted by atomic mass is 16.5. The van der Waals surface area contributed by atoms with E-state index < -0.39 is 5.97 Å². The Bertz CT molecular complexity index is 639. The maximum atomic E-state index is 10.9. The average Bonchev–Trinajstić information content (AvgIpc) is 2.86. The number of methoxy groups -OCH3 is 1. The molecule has 2 N–H and O–H groups in total. The second kappa shape index (κ2) is 5.00. The van der Waals surface area contributed by atoms with Gasteiger partial charge in [0.2, 0.25) is 0 Å². The summed E-state index contributed by atoms with van der Waals surface area (Å²) in [5.41, 5.74) is 2.53. The van der Waals surface area contributed by atoms with Crippen molar-refractivity contribution in [1.29, 1.82) is 0 Å². The van der Waals surface area contributed by atoms with Crippen LogP contribution in [-0.4, -0.2) is 28.4 Å². The molecule has 1 aromatic heterocycles. The Morgan fingerprint density at radius 3 is 2.50 bits per heavy atom. The maximum absolute atomic E-state index is 10.9. The molecule has 0 aliphatic rings. The van der Waals surface area contributed by atoms with Gasteiger partial charge in [-0.1, -0.05) is 26.8 Å². The molecular weight excluding hydrogens is 256 g/mol. The fraction of sp³-hybridized carbons (Fsp3) is 0.333. The summed E-state index contributed by atoms with van der Waals surface area (Å²) in [5, 5.41) is 15.5. The number of carboxylic acids is 1. The maximum Gasteiger partial charge on any atom is 0.353 e. The van der Waals surface area contributed by atoms with Crippen LogP contribution in [0.4, 0.5) is 0 Å². The highest BCUT2D eigenvalue weighted by molar-refractivity contribution is 5.87. The van der Waals surface area contributed by atoms with Gasteiger partial charge in [-0.3, -0.25) is 5.10 Å². The molecule has 2 aromatic rings. The molecule has 1 aromatic carbocycles. The van der Waals surface area contributed by atoms with E-state index in [1.165, 1.54) is 6.07 Å². The van der Waals surface area contributed by atoms with Crippen LogP contribution in [0.3, 0.4) is 0 Å². The largest absolute Gasteiger partial charge is 0.496 e. The molecule has 0 unspecified atom stereocenters. The Morgan fingerprint density at radius 1 is 1.30 bits per heavy atom. The number of aromatic amines is 1. The lowest BCUT2D eigenvalue weighted by atomic mass is 9.85. The Kier molecular flexibility index (Phi) is 3.53. The van der Waals surface area contributed by atoms with Crippen LogP contribution in [-0.2, 0) is 5.41 Å². The molecule has 0 bridgehead atoms. The minimum absolute atomic E-state index is 0.00699. The summed E-state index contributed by atoms with van der Waals surface area (Å²) in [7, 11) is 1.58. The van der Waals surface area contributed by atoms with E-state index in [2.05, 4.69) is 31.0 Å². The van der Waals surface area contributed by atoms with E-state index in [0.29, 0.717) is 11.4 Å². The molecule has 5 nitrogen and oxygen atoms in total. The van der Waals surface area contributed by atoms with Crippen molar-refractivity contribution in [3.8, 4) is 17.0 Å². The molecule has 0 amide bonds. The van der Waals surface area contributed by atoms with Crippen molar-refractivity contribution >= 4 is 5.97 Å². The standard InChI is InChI=1S/C15H18N2O3/c1-15(2,3)9-5-6-13(20-4)10(7-9)11-8-12(14(18)19)17-16-11/h5-8H,1-4H3,(H,16,17)(H,18,19). The van der Waals surface area contributed by atoms with Crippen molar-refractivity contribution in [2.24, 2.45) is 0 Å². The number of carbonyl (C=O) groups is 1. The fourth-order valence-corrected chi connectivity index (χ4v) is 1.94. The predicted molar refractivity (Wildman–Crippen MR) is 76.2 cm³/mol. The lowest BCUT2D eigenvalue weighted by molar-refractivity contribution is 0.0690. The number of aromatic nitrogens is 2. The molecule has 0 saturated carbocycles. The van der Waals surface area contributed by atoms with Crippen LogP contribution < -0.4 is 4.74 Å². The van der Waals surface area contributed by atoms with Gasteiger partial charge in [0, 0.05) is 5.56 Å². The number of carboxylic acid groups (broad SMARTS) is 1. The van der Waals surface area contributed by atoms with E-state index in [9.17, 15) is 4.79 Å². The van der Waals surface area contributed by atoms with Crippen LogP contribution in [0.1, 0.15) is 36.8 Å². The Hall–Kier alpha value is -2.30. The van der Waals surface area contributed by atoms with Gasteiger partial charge in [0.05, 0.1) is 12.8 Å². The van der Waals surface area contributed by atoms with E-state index in [-0.39, 0.29) is 11.1 Å². The van der Waals surface area contributed by atoms with E-state index in [1.807, 2.05) is 18.2 Å². The van der Waals surface area contributed by atoms with Crippen molar-refractivity contribution in [3.63, 3.8) is 0 Å². The third-order valence-corrected chi connectivity index (χ3v) is 3.15. The van der Waals surface area contributed by atoms with Crippen molar-refractivity contribution < 1.29 is 14.6 Å². The van der Waals surface area contributed by atoms with Gasteiger partial charge in [-0.05, 0) is 29.2 Å². The number of H-pyrrole nitrogens is 1. The minimum atomic E-state index is -1.03. The first-order chi connectivity index (χ1) is 9.32. The van der Waals surface area contributed by atoms with Gasteiger partial charge in [-0.2, -0.15) is 5.10 Å². The Balaban J connectivity index is 2.55. The number of nitrogens with zero attached hydrogens (tertiary/aromatic N) is 1. The monoisotopic (exact) mass is 274 g/mol. The predicted octanol–water partition coefficient (Wildman–Crippen LogP) is 3.08. The molecule has 0 aliphatic carbocycles. The molecule has 1 heterocycles. The number of rotatable bonds is 3. The minimum Gasteiger partial charge on any atom is -0.496 e. The summed E-state index contributed by atoms with van der Waals surface area (Å²) < 4.78 is 5.34. The topological polar surface area (TPSA) is 75.2 Å². The molecule has 2 rings (SSSR count). The van der Waals surface area contributed by atoms with Gasteiger partial charge in [-0.25, -0.2) is 4.79 Å². The van der Waals surface area contributed by atoms with Gasteiger partial charge >= 0.3 is 5.97 Å². The number of hydrogen-bond donors (Lipinski definition) is 2. The van der Waals surface area contributed by atoms with Gasteiger partial charge in [0.15, 0.2) is 0 Å². The van der Waals surface area contributed by atoms with Crippen LogP contribution in [0.25, 0.3) is 11.3 Å². The van der Waals surface area contributed by atoms with E-state index in [0.717, 1.165) is 11.1 Å². The number of hydrogen-bond acceptors (Lipinski definition) is 3. The van der Waals surface area contributed by atoms with Gasteiger partial charge < -0.3 is 9.84 Å². The normalized spacial score (nSPS) is 11.4. The zero-order valence-electron chi connectivity index (χ0n) is 12.0. The van der Waals surface area contributed by atoms with Crippen molar-refractivity contribution in [2.45, 2.75) is 26.2 Å². The molecule has 0 saturated heterocycles. The van der Waals surface area contributed by atoms with Crippen molar-refractivity contribution in [2.75, 3.05) is 7.11 Å². The molecule has 106 valence electrons. The van der Waals surface area contributed by atoms with Crippen LogP contribution in [0.15, 0.2) is 24.3 Å². The highest BCUT2D eigenvalue weighted by Gasteiger charge is 2.18. The summed E-state index contributed by atoms with van der Waals surface area (Å²) in [6.07, 6.45) is 0. The second-order valence-corrected chi connectivity index (χ2v) is 5.64. The summed E-state index contributed by atoms with van der Waals surface area (Å²) in [6.45, 7) is 6.35.